The van der Waals surface area contributed by atoms with Crippen LogP contribution in [0.15, 0.2) is 36.5 Å². The fourth-order valence-electron chi connectivity index (χ4n) is 2.67. The maximum Gasteiger partial charge on any atom is 0.0915 e. The molecule has 0 saturated heterocycles. The minimum absolute atomic E-state index is 0.360. The van der Waals surface area contributed by atoms with Gasteiger partial charge in [-0.3, -0.25) is 0 Å². The topological polar surface area (TPSA) is 37.8 Å². The highest BCUT2D eigenvalue weighted by molar-refractivity contribution is 6.99. The molecular formula is C14H17N3S. The highest BCUT2D eigenvalue weighted by Gasteiger charge is 2.44. The lowest BCUT2D eigenvalue weighted by molar-refractivity contribution is 0.479. The summed E-state index contributed by atoms with van der Waals surface area (Å²) < 4.78 is 8.52. The summed E-state index contributed by atoms with van der Waals surface area (Å²) in [7, 11) is 0. The maximum atomic E-state index is 4.39. The van der Waals surface area contributed by atoms with Gasteiger partial charge in [0.25, 0.3) is 0 Å². The van der Waals surface area contributed by atoms with Crippen LogP contribution in [0.1, 0.15) is 36.6 Å². The number of hydrogen-bond donors (Lipinski definition) is 1. The molecule has 4 heteroatoms. The molecule has 18 heavy (non-hydrogen) atoms. The Morgan fingerprint density at radius 2 is 2.22 bits per heavy atom. The van der Waals surface area contributed by atoms with Crippen molar-refractivity contribution >= 4 is 11.7 Å². The van der Waals surface area contributed by atoms with Gasteiger partial charge in [0.05, 0.1) is 29.7 Å². The number of benzene rings is 1. The van der Waals surface area contributed by atoms with Crippen LogP contribution in [-0.2, 0) is 0 Å². The monoisotopic (exact) mass is 259 g/mol. The second-order valence-electron chi connectivity index (χ2n) is 4.78. The molecule has 3 unspecified atom stereocenters. The molecule has 1 fully saturated rings. The van der Waals surface area contributed by atoms with Gasteiger partial charge in [-0.25, -0.2) is 0 Å². The van der Waals surface area contributed by atoms with Crippen LogP contribution in [0.25, 0.3) is 0 Å². The fourth-order valence-corrected chi connectivity index (χ4v) is 3.13. The summed E-state index contributed by atoms with van der Waals surface area (Å²) in [5.74, 6) is 1.34. The molecule has 0 bridgehead atoms. The molecule has 0 spiro atoms. The Bertz CT molecular complexity index is 483. The molecule has 1 aliphatic carbocycles. The molecule has 0 amide bonds. The normalized spacial score (nSPS) is 23.8. The zero-order valence-electron chi connectivity index (χ0n) is 10.4. The average Bonchev–Trinajstić information content (AvgIpc) is 3.02. The zero-order chi connectivity index (χ0) is 12.4. The van der Waals surface area contributed by atoms with Gasteiger partial charge in [-0.1, -0.05) is 37.3 Å². The molecule has 94 valence electrons. The molecule has 1 aromatic heterocycles. The van der Waals surface area contributed by atoms with Gasteiger partial charge in [-0.2, -0.15) is 8.75 Å². The Balaban J connectivity index is 1.75. The minimum atomic E-state index is 0.360. The summed E-state index contributed by atoms with van der Waals surface area (Å²) in [4.78, 5) is 0. The standard InChI is InChI=1S/C14H17N3S/c1-2-15-14(13-9-16-18-17-13)12-8-11(12)10-6-4-3-5-7-10/h3-7,9,11-12,14-15H,2,8H2,1H3. The van der Waals surface area contributed by atoms with Crippen LogP contribution in [0, 0.1) is 5.92 Å². The molecule has 0 radical (unpaired) electrons. The van der Waals surface area contributed by atoms with E-state index in [2.05, 4.69) is 51.3 Å². The lowest BCUT2D eigenvalue weighted by Gasteiger charge is -2.15. The number of nitrogens with zero attached hydrogens (tertiary/aromatic N) is 2. The van der Waals surface area contributed by atoms with Crippen LogP contribution in [0.4, 0.5) is 0 Å². The third-order valence-electron chi connectivity index (χ3n) is 3.62. The maximum absolute atomic E-state index is 4.39. The molecular weight excluding hydrogens is 242 g/mol. The first-order valence-corrected chi connectivity index (χ1v) is 7.19. The Morgan fingerprint density at radius 1 is 1.39 bits per heavy atom. The van der Waals surface area contributed by atoms with Crippen molar-refractivity contribution < 1.29 is 0 Å². The molecule has 0 aliphatic heterocycles. The van der Waals surface area contributed by atoms with E-state index in [1.165, 1.54) is 23.7 Å². The summed E-state index contributed by atoms with van der Waals surface area (Å²) >= 11 is 1.30. The van der Waals surface area contributed by atoms with E-state index in [0.717, 1.165) is 12.2 Å². The van der Waals surface area contributed by atoms with Gasteiger partial charge in [-0.15, -0.1) is 0 Å². The van der Waals surface area contributed by atoms with Crippen molar-refractivity contribution in [2.45, 2.75) is 25.3 Å². The van der Waals surface area contributed by atoms with Gasteiger partial charge < -0.3 is 5.32 Å². The Morgan fingerprint density at radius 3 is 2.89 bits per heavy atom. The molecule has 3 nitrogen and oxygen atoms in total. The lowest BCUT2D eigenvalue weighted by Crippen LogP contribution is -2.23. The first kappa shape index (κ1) is 11.8. The van der Waals surface area contributed by atoms with Crippen molar-refractivity contribution in [3.05, 3.63) is 47.8 Å². The van der Waals surface area contributed by atoms with Gasteiger partial charge in [0, 0.05) is 0 Å². The zero-order valence-corrected chi connectivity index (χ0v) is 11.2. The quantitative estimate of drug-likeness (QED) is 0.897. The first-order valence-electron chi connectivity index (χ1n) is 6.46. The van der Waals surface area contributed by atoms with Gasteiger partial charge in [-0.05, 0) is 30.4 Å². The Labute approximate surface area is 112 Å². The highest BCUT2D eigenvalue weighted by atomic mass is 32.1. The molecule has 1 N–H and O–H groups in total. The van der Waals surface area contributed by atoms with Crippen molar-refractivity contribution in [1.29, 1.82) is 0 Å². The van der Waals surface area contributed by atoms with E-state index in [1.807, 2.05) is 6.20 Å². The van der Waals surface area contributed by atoms with Crippen molar-refractivity contribution in [1.82, 2.24) is 14.1 Å². The van der Waals surface area contributed by atoms with Gasteiger partial charge in [0.15, 0.2) is 0 Å². The molecule has 1 heterocycles. The van der Waals surface area contributed by atoms with Crippen molar-refractivity contribution in [2.75, 3.05) is 6.54 Å². The second kappa shape index (κ2) is 5.16. The molecule has 3 atom stereocenters. The van der Waals surface area contributed by atoms with Crippen LogP contribution < -0.4 is 5.32 Å². The molecule has 1 aromatic carbocycles. The minimum Gasteiger partial charge on any atom is -0.309 e. The third-order valence-corrected chi connectivity index (χ3v) is 4.11. The van der Waals surface area contributed by atoms with Crippen LogP contribution in [-0.4, -0.2) is 15.3 Å². The summed E-state index contributed by atoms with van der Waals surface area (Å²) in [5, 5.41) is 3.55. The van der Waals surface area contributed by atoms with Crippen molar-refractivity contribution in [3.63, 3.8) is 0 Å². The van der Waals surface area contributed by atoms with Crippen LogP contribution in [0.5, 0.6) is 0 Å². The van der Waals surface area contributed by atoms with Crippen LogP contribution >= 0.6 is 11.7 Å². The SMILES string of the molecule is CCNC(c1cnsn1)C1CC1c1ccccc1. The van der Waals surface area contributed by atoms with E-state index in [9.17, 15) is 0 Å². The smallest absolute Gasteiger partial charge is 0.0915 e. The van der Waals surface area contributed by atoms with Crippen LogP contribution in [0.3, 0.4) is 0 Å². The second-order valence-corrected chi connectivity index (χ2v) is 5.34. The molecule has 3 rings (SSSR count). The van der Waals surface area contributed by atoms with E-state index in [-0.39, 0.29) is 0 Å². The van der Waals surface area contributed by atoms with Crippen molar-refractivity contribution in [2.24, 2.45) is 5.92 Å². The Hall–Kier alpha value is -1.26. The molecule has 1 aliphatic rings. The lowest BCUT2D eigenvalue weighted by atomic mass is 10.0. The summed E-state index contributed by atoms with van der Waals surface area (Å²) in [6.45, 7) is 3.12. The largest absolute Gasteiger partial charge is 0.309 e. The van der Waals surface area contributed by atoms with E-state index >= 15 is 0 Å². The van der Waals surface area contributed by atoms with Crippen LogP contribution in [0.2, 0.25) is 0 Å². The predicted molar refractivity (Wildman–Crippen MR) is 73.6 cm³/mol. The Kier molecular flexibility index (Phi) is 3.39. The van der Waals surface area contributed by atoms with Crippen molar-refractivity contribution in [3.8, 4) is 0 Å². The number of aromatic nitrogens is 2. The van der Waals surface area contributed by atoms with E-state index in [1.54, 1.807) is 0 Å². The number of hydrogen-bond acceptors (Lipinski definition) is 4. The van der Waals surface area contributed by atoms with Gasteiger partial charge in [0.1, 0.15) is 0 Å². The molecule has 2 aromatic rings. The van der Waals surface area contributed by atoms with E-state index in [0.29, 0.717) is 17.9 Å². The summed E-state index contributed by atoms with van der Waals surface area (Å²) in [5.41, 5.74) is 2.55. The van der Waals surface area contributed by atoms with Gasteiger partial charge >= 0.3 is 0 Å². The van der Waals surface area contributed by atoms with Gasteiger partial charge in [0.2, 0.25) is 0 Å². The first-order chi connectivity index (χ1) is 8.90. The summed E-state index contributed by atoms with van der Waals surface area (Å²) in [6, 6.07) is 11.1. The predicted octanol–water partition coefficient (Wildman–Crippen LogP) is 2.99. The van der Waals surface area contributed by atoms with E-state index < -0.39 is 0 Å². The van der Waals surface area contributed by atoms with E-state index in [4.69, 9.17) is 0 Å². The summed E-state index contributed by atoms with van der Waals surface area (Å²) in [6.07, 6.45) is 3.15. The third kappa shape index (κ3) is 2.31. The average molecular weight is 259 g/mol. The number of rotatable bonds is 5. The number of nitrogens with one attached hydrogen (secondary N) is 1. The molecule has 1 saturated carbocycles. The highest BCUT2D eigenvalue weighted by Crippen LogP contribution is 2.53. The fraction of sp³-hybridized carbons (Fsp3) is 0.429.